The first-order chi connectivity index (χ1) is 16.5. The van der Waals surface area contributed by atoms with E-state index in [2.05, 4.69) is 34.3 Å². The topological polar surface area (TPSA) is 50.3 Å². The fraction of sp³-hybridized carbons (Fsp3) is 0.517. The van der Waals surface area contributed by atoms with Crippen molar-refractivity contribution in [3.8, 4) is 5.75 Å². The Hall–Kier alpha value is -2.66. The molecule has 0 aliphatic heterocycles. The second kappa shape index (κ2) is 13.3. The van der Waals surface area contributed by atoms with Crippen LogP contribution >= 0.6 is 0 Å². The second-order valence-electron chi connectivity index (χ2n) is 9.60. The van der Waals surface area contributed by atoms with E-state index in [4.69, 9.17) is 4.74 Å². The summed E-state index contributed by atoms with van der Waals surface area (Å²) < 4.78 is 5.18. The van der Waals surface area contributed by atoms with Crippen molar-refractivity contribution in [2.45, 2.75) is 52.4 Å². The second-order valence-corrected chi connectivity index (χ2v) is 9.60. The van der Waals surface area contributed by atoms with Crippen LogP contribution in [0.5, 0.6) is 5.75 Å². The van der Waals surface area contributed by atoms with Crippen LogP contribution < -0.4 is 15.0 Å². The highest BCUT2D eigenvalue weighted by molar-refractivity contribution is 5.89. The third-order valence-corrected chi connectivity index (χ3v) is 6.84. The monoisotopic (exact) mass is 462 g/mol. The third-order valence-electron chi connectivity index (χ3n) is 6.84. The first-order valence-electron chi connectivity index (χ1n) is 12.7. The van der Waals surface area contributed by atoms with Crippen LogP contribution in [0.1, 0.15) is 50.4 Å². The number of nitrogens with zero attached hydrogens (tertiary/aromatic N) is 3. The van der Waals surface area contributed by atoms with Crippen molar-refractivity contribution >= 4 is 16.7 Å². The molecule has 0 atom stereocenters. The highest BCUT2D eigenvalue weighted by atomic mass is 16.5. The number of benzene rings is 2. The number of hydrogen-bond donors (Lipinski definition) is 1. The summed E-state index contributed by atoms with van der Waals surface area (Å²) in [4.78, 5) is 10.8. The molecule has 0 spiro atoms. The number of ether oxygens (including phenoxy) is 1. The van der Waals surface area contributed by atoms with Gasteiger partial charge in [-0.3, -0.25) is 0 Å². The van der Waals surface area contributed by atoms with Crippen LogP contribution in [0.15, 0.2) is 48.5 Å². The highest BCUT2D eigenvalue weighted by Crippen LogP contribution is 2.30. The van der Waals surface area contributed by atoms with E-state index in [0.29, 0.717) is 0 Å². The molecule has 3 aromatic rings. The van der Waals surface area contributed by atoms with Gasteiger partial charge in [-0.05, 0) is 80.9 Å². The lowest BCUT2D eigenvalue weighted by Gasteiger charge is -2.27. The van der Waals surface area contributed by atoms with Crippen molar-refractivity contribution < 1.29 is 4.74 Å². The van der Waals surface area contributed by atoms with Gasteiger partial charge in [-0.25, -0.2) is 9.97 Å². The van der Waals surface area contributed by atoms with Crippen LogP contribution in [0, 0.1) is 18.8 Å². The molecule has 5 nitrogen and oxygen atoms in total. The van der Waals surface area contributed by atoms with E-state index in [9.17, 15) is 0 Å². The first kappa shape index (κ1) is 26.0. The summed E-state index contributed by atoms with van der Waals surface area (Å²) in [6.45, 7) is 6.53. The molecule has 2 aromatic carbocycles. The van der Waals surface area contributed by atoms with Gasteiger partial charge in [0.05, 0.1) is 12.6 Å². The molecule has 1 fully saturated rings. The van der Waals surface area contributed by atoms with E-state index in [-0.39, 0.29) is 0 Å². The Bertz CT molecular complexity index is 995. The number of aromatic nitrogens is 2. The van der Waals surface area contributed by atoms with Gasteiger partial charge in [0.1, 0.15) is 17.4 Å². The lowest BCUT2D eigenvalue weighted by molar-refractivity contribution is 0.263. The Kier molecular flexibility index (Phi) is 10.1. The number of anilines is 1. The summed E-state index contributed by atoms with van der Waals surface area (Å²) in [7, 11) is 5.70. The Labute approximate surface area is 206 Å². The van der Waals surface area contributed by atoms with Crippen LogP contribution in [0.25, 0.3) is 10.9 Å². The van der Waals surface area contributed by atoms with Crippen molar-refractivity contribution in [2.24, 2.45) is 11.8 Å². The minimum absolute atomic E-state index is 0.812. The molecule has 0 unspecified atom stereocenters. The Morgan fingerprint density at radius 1 is 0.941 bits per heavy atom. The highest BCUT2D eigenvalue weighted by Gasteiger charge is 2.19. The first-order valence-corrected chi connectivity index (χ1v) is 12.7. The fourth-order valence-corrected chi connectivity index (χ4v) is 4.69. The minimum atomic E-state index is 0.812. The zero-order valence-corrected chi connectivity index (χ0v) is 21.7. The summed E-state index contributed by atoms with van der Waals surface area (Å²) in [5.74, 6) is 4.65. The molecule has 1 heterocycles. The molecular formula is C29H42N4O. The number of aryl methyl sites for hydroxylation is 1. The number of para-hydroxylation sites is 1. The van der Waals surface area contributed by atoms with Gasteiger partial charge in [0.15, 0.2) is 0 Å². The van der Waals surface area contributed by atoms with E-state index < -0.39 is 0 Å². The molecule has 0 radical (unpaired) electrons. The van der Waals surface area contributed by atoms with Crippen molar-refractivity contribution in [3.63, 3.8) is 0 Å². The number of methoxy groups -OCH3 is 1. The molecule has 34 heavy (non-hydrogen) atoms. The number of hydrogen-bond acceptors (Lipinski definition) is 5. The summed E-state index contributed by atoms with van der Waals surface area (Å²) >= 11 is 0. The summed E-state index contributed by atoms with van der Waals surface area (Å²) in [5, 5.41) is 4.73. The van der Waals surface area contributed by atoms with Crippen molar-refractivity contribution in [1.29, 1.82) is 0 Å². The zero-order chi connectivity index (χ0) is 24.3. The smallest absolute Gasteiger partial charge is 0.139 e. The van der Waals surface area contributed by atoms with E-state index >= 15 is 0 Å². The van der Waals surface area contributed by atoms with Gasteiger partial charge in [-0.15, -0.1) is 0 Å². The van der Waals surface area contributed by atoms with Gasteiger partial charge >= 0.3 is 0 Å². The van der Waals surface area contributed by atoms with Crippen LogP contribution in [0.4, 0.5) is 5.82 Å². The van der Waals surface area contributed by atoms with Crippen LogP contribution in [-0.4, -0.2) is 44.3 Å². The molecule has 5 heteroatoms. The summed E-state index contributed by atoms with van der Waals surface area (Å²) in [6.07, 6.45) is 8.22. The van der Waals surface area contributed by atoms with E-state index in [1.807, 2.05) is 62.3 Å². The Morgan fingerprint density at radius 3 is 2.26 bits per heavy atom. The maximum Gasteiger partial charge on any atom is 0.139 e. The van der Waals surface area contributed by atoms with Gasteiger partial charge in [-0.2, -0.15) is 0 Å². The van der Waals surface area contributed by atoms with Crippen molar-refractivity contribution in [2.75, 3.05) is 39.2 Å². The summed E-state index contributed by atoms with van der Waals surface area (Å²) in [5.41, 5.74) is 2.39. The van der Waals surface area contributed by atoms with E-state index in [1.165, 1.54) is 44.2 Å². The molecule has 1 aliphatic carbocycles. The van der Waals surface area contributed by atoms with Crippen molar-refractivity contribution in [1.82, 2.24) is 15.3 Å². The van der Waals surface area contributed by atoms with Gasteiger partial charge in [0.25, 0.3) is 0 Å². The van der Waals surface area contributed by atoms with Gasteiger partial charge < -0.3 is 15.0 Å². The molecule has 184 valence electrons. The average Bonchev–Trinajstić information content (AvgIpc) is 2.87. The Balaban J connectivity index is 0.000000202. The van der Waals surface area contributed by atoms with Gasteiger partial charge in [0, 0.05) is 19.5 Å². The largest absolute Gasteiger partial charge is 0.497 e. The molecule has 0 bridgehead atoms. The zero-order valence-electron chi connectivity index (χ0n) is 21.7. The van der Waals surface area contributed by atoms with Gasteiger partial charge in [0.2, 0.25) is 0 Å². The third kappa shape index (κ3) is 7.69. The quantitative estimate of drug-likeness (QED) is 0.413. The number of nitrogens with one attached hydrogen (secondary N) is 1. The minimum Gasteiger partial charge on any atom is -0.497 e. The lowest BCUT2D eigenvalue weighted by atomic mass is 9.81. The normalized spacial score (nSPS) is 17.7. The van der Waals surface area contributed by atoms with E-state index in [0.717, 1.165) is 53.1 Å². The Morgan fingerprint density at radius 2 is 1.62 bits per heavy atom. The van der Waals surface area contributed by atoms with Crippen LogP contribution in [0.2, 0.25) is 0 Å². The average molecular weight is 463 g/mol. The van der Waals surface area contributed by atoms with E-state index in [1.54, 1.807) is 7.11 Å². The number of rotatable bonds is 8. The lowest BCUT2D eigenvalue weighted by Crippen LogP contribution is -2.27. The molecule has 1 aromatic heterocycles. The van der Waals surface area contributed by atoms with Gasteiger partial charge in [-0.1, -0.05) is 50.5 Å². The molecule has 1 saturated carbocycles. The number of fused-ring (bicyclic) bond motifs is 1. The maximum atomic E-state index is 5.18. The predicted molar refractivity (Wildman–Crippen MR) is 144 cm³/mol. The standard InChI is InChI=1S/C18H29NO.C11H13N3/c1-3-15-4-6-17(7-5-15)14-19-13-12-16-8-10-18(20-2)11-9-16;1-8-12-10-7-5-4-6-9(10)11(13-8)14(2)3/h8-11,15,17,19H,3-7,12-14H2,1-2H3;4-7H,1-3H3. The molecule has 0 amide bonds. The predicted octanol–water partition coefficient (Wildman–Crippen LogP) is 6.05. The molecular weight excluding hydrogens is 420 g/mol. The molecule has 0 saturated heterocycles. The fourth-order valence-electron chi connectivity index (χ4n) is 4.69. The molecule has 1 aliphatic rings. The van der Waals surface area contributed by atoms with Crippen LogP contribution in [-0.2, 0) is 6.42 Å². The van der Waals surface area contributed by atoms with Crippen LogP contribution in [0.3, 0.4) is 0 Å². The maximum absolute atomic E-state index is 5.18. The molecule has 4 rings (SSSR count). The SMILES string of the molecule is CCC1CCC(CNCCc2ccc(OC)cc2)CC1.Cc1nc(N(C)C)c2ccccc2n1. The summed E-state index contributed by atoms with van der Waals surface area (Å²) in [6, 6.07) is 16.5. The van der Waals surface area contributed by atoms with Crippen molar-refractivity contribution in [3.05, 3.63) is 59.9 Å². The molecule has 1 N–H and O–H groups in total.